The molecule has 0 aromatic rings. The fourth-order valence-electron chi connectivity index (χ4n) is 11.4. The molecular weight excluding hydrogens is 538 g/mol. The van der Waals surface area contributed by atoms with Gasteiger partial charge >= 0.3 is 11.9 Å². The lowest BCUT2D eigenvalue weighted by molar-refractivity contribution is -0.206. The summed E-state index contributed by atoms with van der Waals surface area (Å²) in [5.74, 6) is 0.719. The maximum absolute atomic E-state index is 14.1. The normalized spacial score (nSPS) is 43.7. The van der Waals surface area contributed by atoms with Crippen molar-refractivity contribution in [3.05, 3.63) is 11.6 Å². The van der Waals surface area contributed by atoms with E-state index in [4.69, 9.17) is 15.2 Å². The van der Waals surface area contributed by atoms with Gasteiger partial charge in [-0.25, -0.2) is 0 Å². The minimum Gasteiger partial charge on any atom is -0.462 e. The van der Waals surface area contributed by atoms with Gasteiger partial charge in [0.25, 0.3) is 0 Å². The number of allylic oxidation sites excluding steroid dienone is 2. The molecule has 6 heteroatoms. The summed E-state index contributed by atoms with van der Waals surface area (Å²) >= 11 is 0. The first-order valence-electron chi connectivity index (χ1n) is 17.3. The largest absolute Gasteiger partial charge is 0.462 e. The van der Waals surface area contributed by atoms with Gasteiger partial charge in [-0.1, -0.05) is 74.0 Å². The van der Waals surface area contributed by atoms with Crippen LogP contribution in [0.3, 0.4) is 0 Å². The maximum atomic E-state index is 14.1. The van der Waals surface area contributed by atoms with Crippen LogP contribution in [0.4, 0.5) is 0 Å². The van der Waals surface area contributed by atoms with E-state index in [0.717, 1.165) is 51.4 Å². The zero-order valence-corrected chi connectivity index (χ0v) is 28.7. The van der Waals surface area contributed by atoms with Crippen LogP contribution in [-0.2, 0) is 19.1 Å². The molecule has 5 rings (SSSR count). The number of rotatable bonds is 6. The van der Waals surface area contributed by atoms with E-state index in [1.165, 1.54) is 18.4 Å². The summed E-state index contributed by atoms with van der Waals surface area (Å²) in [6, 6.07) is -0.666. The van der Waals surface area contributed by atoms with E-state index in [0.29, 0.717) is 11.8 Å². The molecule has 4 fully saturated rings. The molecule has 0 radical (unpaired) electrons. The first-order chi connectivity index (χ1) is 19.9. The number of aliphatic hydroxyl groups is 1. The molecule has 0 spiro atoms. The van der Waals surface area contributed by atoms with Crippen LogP contribution < -0.4 is 5.73 Å². The van der Waals surface area contributed by atoms with E-state index >= 15 is 0 Å². The molecular formula is C37H61NO5. The van der Waals surface area contributed by atoms with Crippen molar-refractivity contribution >= 4 is 11.9 Å². The summed E-state index contributed by atoms with van der Waals surface area (Å²) in [4.78, 5) is 26.3. The van der Waals surface area contributed by atoms with Gasteiger partial charge in [0, 0.05) is 0 Å². The fraction of sp³-hybridized carbons (Fsp3) is 0.892. The molecule has 5 aliphatic rings. The maximum Gasteiger partial charge on any atom is 0.323 e. The Morgan fingerprint density at radius 1 is 0.907 bits per heavy atom. The topological polar surface area (TPSA) is 98.9 Å². The van der Waals surface area contributed by atoms with Crippen molar-refractivity contribution in [2.24, 2.45) is 61.9 Å². The Hall–Kier alpha value is -1.40. The lowest BCUT2D eigenvalue weighted by atomic mass is 9.33. The third kappa shape index (κ3) is 4.95. The number of carbonyl (C=O) groups is 2. The highest BCUT2D eigenvalue weighted by molar-refractivity contribution is 5.79. The Balaban J connectivity index is 1.41. The molecule has 0 amide bonds. The van der Waals surface area contributed by atoms with E-state index in [-0.39, 0.29) is 64.2 Å². The van der Waals surface area contributed by atoms with Crippen LogP contribution in [0.1, 0.15) is 127 Å². The van der Waals surface area contributed by atoms with Crippen LogP contribution in [0.15, 0.2) is 11.6 Å². The number of nitrogens with two attached hydrogens (primary N) is 1. The van der Waals surface area contributed by atoms with E-state index in [9.17, 15) is 14.7 Å². The lowest BCUT2D eigenvalue weighted by Crippen LogP contribution is -2.65. The summed E-state index contributed by atoms with van der Waals surface area (Å²) in [5.41, 5.74) is 7.43. The zero-order chi connectivity index (χ0) is 31.8. The first kappa shape index (κ1) is 33.0. The third-order valence-electron chi connectivity index (χ3n) is 14.6. The van der Waals surface area contributed by atoms with Gasteiger partial charge in [-0.2, -0.15) is 0 Å². The molecule has 0 aromatic heterocycles. The number of aliphatic hydroxyl groups excluding tert-OH is 1. The predicted octanol–water partition coefficient (Wildman–Crippen LogP) is 7.22. The molecule has 0 heterocycles. The van der Waals surface area contributed by atoms with Gasteiger partial charge in [0.1, 0.15) is 19.3 Å². The predicted molar refractivity (Wildman–Crippen MR) is 170 cm³/mol. The second-order valence-corrected chi connectivity index (χ2v) is 17.8. The number of ether oxygens (including phenoxy) is 2. The van der Waals surface area contributed by atoms with Gasteiger partial charge < -0.3 is 20.3 Å². The number of carbonyl (C=O) groups excluding carboxylic acids is 2. The van der Waals surface area contributed by atoms with Crippen molar-refractivity contribution in [3.8, 4) is 0 Å². The highest BCUT2D eigenvalue weighted by atomic mass is 16.6. The minimum absolute atomic E-state index is 0.00380. The molecule has 43 heavy (non-hydrogen) atoms. The number of esters is 2. The Bertz CT molecular complexity index is 1140. The van der Waals surface area contributed by atoms with Gasteiger partial charge in [-0.3, -0.25) is 9.59 Å². The first-order valence-corrected chi connectivity index (χ1v) is 17.3. The average Bonchev–Trinajstić information content (AvgIpc) is 2.92. The molecule has 0 aliphatic heterocycles. The quantitative estimate of drug-likeness (QED) is 0.190. The molecule has 0 aromatic carbocycles. The molecule has 6 nitrogen and oxygen atoms in total. The summed E-state index contributed by atoms with van der Waals surface area (Å²) in [7, 11) is 0. The van der Waals surface area contributed by atoms with Crippen molar-refractivity contribution in [1.29, 1.82) is 0 Å². The van der Waals surface area contributed by atoms with Crippen molar-refractivity contribution in [2.75, 3.05) is 13.2 Å². The Morgan fingerprint density at radius 2 is 1.56 bits per heavy atom. The van der Waals surface area contributed by atoms with Crippen LogP contribution in [0.25, 0.3) is 0 Å². The monoisotopic (exact) mass is 599 g/mol. The van der Waals surface area contributed by atoms with Crippen LogP contribution in [0.2, 0.25) is 0 Å². The second kappa shape index (κ2) is 10.9. The van der Waals surface area contributed by atoms with E-state index < -0.39 is 17.4 Å². The molecule has 3 N–H and O–H groups in total. The summed E-state index contributed by atoms with van der Waals surface area (Å²) in [6.45, 7) is 20.9. The Morgan fingerprint density at radius 3 is 2.23 bits per heavy atom. The molecule has 4 saturated carbocycles. The Labute approximate surface area is 261 Å². The average molecular weight is 600 g/mol. The smallest absolute Gasteiger partial charge is 0.323 e. The third-order valence-corrected chi connectivity index (χ3v) is 14.6. The molecule has 0 bridgehead atoms. The molecule has 0 unspecified atom stereocenters. The second-order valence-electron chi connectivity index (χ2n) is 17.8. The van der Waals surface area contributed by atoms with Crippen molar-refractivity contribution in [2.45, 2.75) is 139 Å². The van der Waals surface area contributed by atoms with Crippen LogP contribution in [0.5, 0.6) is 0 Å². The standard InChI is InChI=1S/C37H61NO5/c1-23(2)29(38)30(40)42-20-21-43-31(41)37-18-16-32(3,4)22-25(37)24-10-11-27-34(7)14-13-28(39)33(5,6)26(34)12-15-36(27,9)35(24,8)17-19-37/h10,23,25-29,39H,11-22,38H2,1-9H3/t25-,26-,27+,28-,29-,34-,35+,36+,37-/m0/s1. The van der Waals surface area contributed by atoms with E-state index in [2.05, 4.69) is 54.5 Å². The number of fused-ring (bicyclic) bond motifs is 7. The van der Waals surface area contributed by atoms with Crippen LogP contribution in [-0.4, -0.2) is 42.4 Å². The molecule has 5 aliphatic carbocycles. The van der Waals surface area contributed by atoms with Crippen molar-refractivity contribution < 1.29 is 24.2 Å². The molecule has 244 valence electrons. The number of hydrogen-bond acceptors (Lipinski definition) is 6. The summed E-state index contributed by atoms with van der Waals surface area (Å²) in [5, 5.41) is 11.0. The van der Waals surface area contributed by atoms with E-state index in [1.54, 1.807) is 0 Å². The van der Waals surface area contributed by atoms with Gasteiger partial charge in [-0.15, -0.1) is 0 Å². The zero-order valence-electron chi connectivity index (χ0n) is 28.7. The van der Waals surface area contributed by atoms with Crippen molar-refractivity contribution in [1.82, 2.24) is 0 Å². The summed E-state index contributed by atoms with van der Waals surface area (Å²) in [6.07, 6.45) is 12.5. The van der Waals surface area contributed by atoms with E-state index in [1.807, 2.05) is 13.8 Å². The molecule has 9 atom stereocenters. The summed E-state index contributed by atoms with van der Waals surface area (Å²) < 4.78 is 11.3. The van der Waals surface area contributed by atoms with Gasteiger partial charge in [-0.05, 0) is 115 Å². The Kier molecular flexibility index (Phi) is 8.32. The highest BCUT2D eigenvalue weighted by Crippen LogP contribution is 2.75. The lowest BCUT2D eigenvalue weighted by Gasteiger charge is -2.71. The van der Waals surface area contributed by atoms with Crippen LogP contribution in [0, 0.1) is 56.2 Å². The van der Waals surface area contributed by atoms with Gasteiger partial charge in [0.2, 0.25) is 0 Å². The highest BCUT2D eigenvalue weighted by Gasteiger charge is 2.69. The number of hydrogen-bond donors (Lipinski definition) is 2. The molecule has 0 saturated heterocycles. The minimum atomic E-state index is -0.666. The van der Waals surface area contributed by atoms with Gasteiger partial charge in [0.15, 0.2) is 0 Å². The van der Waals surface area contributed by atoms with Gasteiger partial charge in [0.05, 0.1) is 11.5 Å². The SMILES string of the molecule is CC(C)[C@H](N)C(=O)OCCOC(=O)[C@]12CCC(C)(C)C[C@H]1C1=CC[C@@H]3[C@@]4(C)CC[C@H](O)C(C)(C)[C@@H]4CC[C@@]3(C)[C@]1(C)CC2. The van der Waals surface area contributed by atoms with Crippen LogP contribution >= 0.6 is 0 Å². The fourth-order valence-corrected chi connectivity index (χ4v) is 11.4. The van der Waals surface area contributed by atoms with Crippen molar-refractivity contribution in [3.63, 3.8) is 0 Å².